The van der Waals surface area contributed by atoms with Gasteiger partial charge in [-0.15, -0.1) is 0 Å². The van der Waals surface area contributed by atoms with Crippen molar-refractivity contribution >= 4 is 0 Å². The highest BCUT2D eigenvalue weighted by molar-refractivity contribution is 4.93. The molecule has 1 aliphatic rings. The summed E-state index contributed by atoms with van der Waals surface area (Å²) in [5.74, 6) is 0. The van der Waals surface area contributed by atoms with Crippen molar-refractivity contribution in [1.29, 1.82) is 0 Å². The van der Waals surface area contributed by atoms with E-state index in [1.165, 1.54) is 0 Å². The van der Waals surface area contributed by atoms with E-state index in [2.05, 4.69) is 5.32 Å². The molecule has 1 fully saturated rings. The quantitative estimate of drug-likeness (QED) is 0.451. The fraction of sp³-hybridized carbons (Fsp3) is 1.00. The van der Waals surface area contributed by atoms with E-state index in [1.807, 2.05) is 13.8 Å². The van der Waals surface area contributed by atoms with Crippen LogP contribution in [0.5, 0.6) is 0 Å². The molecule has 0 aromatic heterocycles. The molecule has 0 saturated carbocycles. The van der Waals surface area contributed by atoms with Gasteiger partial charge < -0.3 is 30.1 Å². The molecule has 0 amide bonds. The third-order valence-corrected chi connectivity index (χ3v) is 3.10. The Labute approximate surface area is 108 Å². The monoisotopic (exact) mass is 263 g/mol. The molecule has 0 radical (unpaired) electrons. The Bertz CT molecular complexity index is 229. The van der Waals surface area contributed by atoms with Gasteiger partial charge in [0.2, 0.25) is 0 Å². The Balaban J connectivity index is 2.61. The van der Waals surface area contributed by atoms with Gasteiger partial charge in [-0.25, -0.2) is 0 Å². The highest BCUT2D eigenvalue weighted by Crippen LogP contribution is 2.22. The molecule has 1 saturated heterocycles. The number of hydrogen-bond acceptors (Lipinski definition) is 6. The Hall–Kier alpha value is -0.240. The van der Waals surface area contributed by atoms with Crippen molar-refractivity contribution in [3.63, 3.8) is 0 Å². The maximum Gasteiger partial charge on any atom is 0.185 e. The highest BCUT2D eigenvalue weighted by atomic mass is 16.7. The summed E-state index contributed by atoms with van der Waals surface area (Å²) in [6.45, 7) is 4.73. The number of unbranched alkanes of at least 4 members (excludes halogenated alkanes) is 1. The number of aliphatic hydroxyl groups is 3. The molecule has 0 spiro atoms. The van der Waals surface area contributed by atoms with Crippen molar-refractivity contribution < 1.29 is 24.8 Å². The van der Waals surface area contributed by atoms with Gasteiger partial charge in [0.05, 0.1) is 12.6 Å². The predicted molar refractivity (Wildman–Crippen MR) is 66.1 cm³/mol. The van der Waals surface area contributed by atoms with Gasteiger partial charge in [0, 0.05) is 6.61 Å². The zero-order valence-electron chi connectivity index (χ0n) is 11.1. The first-order chi connectivity index (χ1) is 8.65. The second-order valence-electron chi connectivity index (χ2n) is 4.51. The Kier molecular flexibility index (Phi) is 7.06. The molecule has 6 heteroatoms. The van der Waals surface area contributed by atoms with Crippen LogP contribution < -0.4 is 5.32 Å². The normalized spacial score (nSPS) is 36.8. The molecule has 0 aromatic rings. The van der Waals surface area contributed by atoms with E-state index >= 15 is 0 Å². The van der Waals surface area contributed by atoms with Crippen LogP contribution in [0.2, 0.25) is 0 Å². The molecule has 1 aliphatic heterocycles. The molecule has 0 bridgehead atoms. The first-order valence-corrected chi connectivity index (χ1v) is 6.63. The van der Waals surface area contributed by atoms with Crippen molar-refractivity contribution in [3.8, 4) is 0 Å². The van der Waals surface area contributed by atoms with Crippen LogP contribution in [0.25, 0.3) is 0 Å². The summed E-state index contributed by atoms with van der Waals surface area (Å²) < 4.78 is 10.8. The maximum atomic E-state index is 10.1. The largest absolute Gasteiger partial charge is 0.394 e. The summed E-state index contributed by atoms with van der Waals surface area (Å²) in [4.78, 5) is 0. The average molecular weight is 263 g/mol. The molecule has 5 atom stereocenters. The minimum absolute atomic E-state index is 0.302. The lowest BCUT2D eigenvalue weighted by molar-refractivity contribution is -0.279. The van der Waals surface area contributed by atoms with Crippen LogP contribution in [0, 0.1) is 0 Å². The van der Waals surface area contributed by atoms with Gasteiger partial charge in [0.1, 0.15) is 18.3 Å². The van der Waals surface area contributed by atoms with E-state index in [0.717, 1.165) is 12.8 Å². The summed E-state index contributed by atoms with van der Waals surface area (Å²) >= 11 is 0. The lowest BCUT2D eigenvalue weighted by Crippen LogP contribution is -2.64. The third kappa shape index (κ3) is 3.88. The van der Waals surface area contributed by atoms with E-state index in [1.54, 1.807) is 0 Å². The molecule has 1 unspecified atom stereocenters. The topological polar surface area (TPSA) is 91.2 Å². The first-order valence-electron chi connectivity index (χ1n) is 6.63. The number of hydrogen-bond donors (Lipinski definition) is 4. The van der Waals surface area contributed by atoms with Gasteiger partial charge in [-0.2, -0.15) is 0 Å². The summed E-state index contributed by atoms with van der Waals surface area (Å²) in [5, 5.41) is 32.2. The standard InChI is InChI=1S/C12H25NO5/c1-3-5-6-17-12-11(16)9(13-4-2)10(15)8(7-14)18-12/h8-16H,3-7H2,1-2H3/t8-,9+,10-,11-,12?/m1/s1. The molecule has 0 aliphatic carbocycles. The Morgan fingerprint density at radius 3 is 2.50 bits per heavy atom. The molecule has 1 rings (SSSR count). The fourth-order valence-electron chi connectivity index (χ4n) is 2.05. The van der Waals surface area contributed by atoms with Crippen LogP contribution in [0.15, 0.2) is 0 Å². The van der Waals surface area contributed by atoms with E-state index in [-0.39, 0.29) is 6.61 Å². The SMILES string of the molecule is CCCCOC1O[C@H](CO)[C@@H](O)[C@H](NCC)[C@H]1O. The second-order valence-corrected chi connectivity index (χ2v) is 4.51. The molecule has 108 valence electrons. The summed E-state index contributed by atoms with van der Waals surface area (Å²) in [7, 11) is 0. The van der Waals surface area contributed by atoms with Crippen molar-refractivity contribution in [2.24, 2.45) is 0 Å². The van der Waals surface area contributed by atoms with Crippen molar-refractivity contribution in [1.82, 2.24) is 5.32 Å². The predicted octanol–water partition coefficient (Wildman–Crippen LogP) is -0.780. The van der Waals surface area contributed by atoms with Crippen LogP contribution in [-0.4, -0.2) is 65.7 Å². The Morgan fingerprint density at radius 2 is 1.94 bits per heavy atom. The Morgan fingerprint density at radius 1 is 1.22 bits per heavy atom. The molecular weight excluding hydrogens is 238 g/mol. The summed E-state index contributed by atoms with van der Waals surface area (Å²) in [6.07, 6.45) is -1.56. The van der Waals surface area contributed by atoms with E-state index in [0.29, 0.717) is 13.2 Å². The van der Waals surface area contributed by atoms with Gasteiger partial charge >= 0.3 is 0 Å². The lowest BCUT2D eigenvalue weighted by Gasteiger charge is -2.42. The molecule has 4 N–H and O–H groups in total. The molecule has 6 nitrogen and oxygen atoms in total. The van der Waals surface area contributed by atoms with E-state index in [9.17, 15) is 15.3 Å². The number of rotatable bonds is 7. The summed E-state index contributed by atoms with van der Waals surface area (Å²) in [5.41, 5.74) is 0. The van der Waals surface area contributed by atoms with Gasteiger partial charge in [-0.3, -0.25) is 0 Å². The third-order valence-electron chi connectivity index (χ3n) is 3.10. The minimum Gasteiger partial charge on any atom is -0.394 e. The van der Waals surface area contributed by atoms with Gasteiger partial charge in [-0.05, 0) is 13.0 Å². The molecule has 1 heterocycles. The van der Waals surface area contributed by atoms with Crippen molar-refractivity contribution in [3.05, 3.63) is 0 Å². The lowest BCUT2D eigenvalue weighted by atomic mass is 9.96. The van der Waals surface area contributed by atoms with E-state index < -0.39 is 30.6 Å². The molecule has 0 aromatic carbocycles. The van der Waals surface area contributed by atoms with Crippen molar-refractivity contribution in [2.75, 3.05) is 19.8 Å². The number of ether oxygens (including phenoxy) is 2. The summed E-state index contributed by atoms with van der Waals surface area (Å²) in [6, 6.07) is -0.549. The van der Waals surface area contributed by atoms with E-state index in [4.69, 9.17) is 9.47 Å². The zero-order valence-corrected chi connectivity index (χ0v) is 11.1. The zero-order chi connectivity index (χ0) is 13.5. The molecular formula is C12H25NO5. The first kappa shape index (κ1) is 15.8. The minimum atomic E-state index is -0.948. The number of aliphatic hydroxyl groups excluding tert-OH is 3. The van der Waals surface area contributed by atoms with Gasteiger partial charge in [0.15, 0.2) is 6.29 Å². The van der Waals surface area contributed by atoms with Crippen molar-refractivity contribution in [2.45, 2.75) is 57.3 Å². The number of likely N-dealkylation sites (N-methyl/N-ethyl adjacent to an activating group) is 1. The smallest absolute Gasteiger partial charge is 0.185 e. The van der Waals surface area contributed by atoms with Gasteiger partial charge in [0.25, 0.3) is 0 Å². The second kappa shape index (κ2) is 8.04. The van der Waals surface area contributed by atoms with Crippen LogP contribution in [0.1, 0.15) is 26.7 Å². The van der Waals surface area contributed by atoms with Gasteiger partial charge in [-0.1, -0.05) is 20.3 Å². The number of nitrogens with one attached hydrogen (secondary N) is 1. The maximum absolute atomic E-state index is 10.1. The fourth-order valence-corrected chi connectivity index (χ4v) is 2.05. The van der Waals surface area contributed by atoms with Crippen LogP contribution >= 0.6 is 0 Å². The van der Waals surface area contributed by atoms with Crippen LogP contribution in [0.3, 0.4) is 0 Å². The van der Waals surface area contributed by atoms with Crippen LogP contribution in [-0.2, 0) is 9.47 Å². The highest BCUT2D eigenvalue weighted by Gasteiger charge is 2.44. The molecule has 18 heavy (non-hydrogen) atoms. The average Bonchev–Trinajstić information content (AvgIpc) is 2.37. The van der Waals surface area contributed by atoms with Crippen LogP contribution in [0.4, 0.5) is 0 Å².